The molecule has 108 valence electrons. The Morgan fingerprint density at radius 1 is 1.50 bits per heavy atom. The highest BCUT2D eigenvalue weighted by molar-refractivity contribution is 5.73. The summed E-state index contributed by atoms with van der Waals surface area (Å²) in [5, 5.41) is 10.6. The topological polar surface area (TPSA) is 52.6 Å². The number of hydrogen-bond acceptors (Lipinski definition) is 3. The number of nitrogens with zero attached hydrogens (tertiary/aromatic N) is 1. The van der Waals surface area contributed by atoms with Crippen LogP contribution in [0.2, 0.25) is 0 Å². The summed E-state index contributed by atoms with van der Waals surface area (Å²) in [4.78, 5) is 11.5. The van der Waals surface area contributed by atoms with Gasteiger partial charge in [-0.3, -0.25) is 4.90 Å². The van der Waals surface area contributed by atoms with Crippen molar-refractivity contribution in [1.29, 1.82) is 0 Å². The molecule has 1 aliphatic heterocycles. The van der Waals surface area contributed by atoms with Crippen molar-refractivity contribution >= 4 is 5.97 Å². The third kappa shape index (κ3) is 6.20. The van der Waals surface area contributed by atoms with E-state index in [9.17, 15) is 13.2 Å². The smallest absolute Gasteiger partial charge is 0.475 e. The average Bonchev–Trinajstić information content (AvgIpc) is 2.28. The predicted octanol–water partition coefficient (Wildman–Crippen LogP) is 1.71. The summed E-state index contributed by atoms with van der Waals surface area (Å²) < 4.78 is 31.7. The summed E-state index contributed by atoms with van der Waals surface area (Å²) in [5.41, 5.74) is 0. The first-order valence-corrected chi connectivity index (χ1v) is 5.96. The van der Waals surface area contributed by atoms with E-state index in [1.54, 1.807) is 0 Å². The van der Waals surface area contributed by atoms with Gasteiger partial charge in [0.2, 0.25) is 0 Å². The van der Waals surface area contributed by atoms with Gasteiger partial charge >= 0.3 is 12.1 Å². The monoisotopic (exact) mass is 270 g/mol. The van der Waals surface area contributed by atoms with Crippen molar-refractivity contribution in [3.63, 3.8) is 0 Å². The normalized spacial score (nSPS) is 21.4. The van der Waals surface area contributed by atoms with Crippen molar-refractivity contribution in [1.82, 2.24) is 10.2 Å². The van der Waals surface area contributed by atoms with Crippen LogP contribution in [-0.2, 0) is 4.79 Å². The first-order valence-electron chi connectivity index (χ1n) is 5.96. The van der Waals surface area contributed by atoms with Crippen LogP contribution in [0.15, 0.2) is 0 Å². The molecule has 1 aliphatic rings. The molecule has 0 aromatic carbocycles. The highest BCUT2D eigenvalue weighted by Gasteiger charge is 2.38. The molecule has 0 aliphatic carbocycles. The number of halogens is 3. The van der Waals surface area contributed by atoms with Gasteiger partial charge in [0.25, 0.3) is 0 Å². The molecule has 0 saturated carbocycles. The molecule has 0 amide bonds. The summed E-state index contributed by atoms with van der Waals surface area (Å²) in [7, 11) is 0. The number of nitrogens with one attached hydrogen (secondary N) is 1. The van der Waals surface area contributed by atoms with E-state index in [1.165, 1.54) is 19.5 Å². The van der Waals surface area contributed by atoms with E-state index >= 15 is 0 Å². The molecule has 2 N–H and O–H groups in total. The Morgan fingerprint density at radius 2 is 2.00 bits per heavy atom. The fraction of sp³-hybridized carbons (Fsp3) is 0.909. The lowest BCUT2D eigenvalue weighted by molar-refractivity contribution is -0.192. The zero-order valence-corrected chi connectivity index (χ0v) is 10.9. The van der Waals surface area contributed by atoms with Crippen molar-refractivity contribution < 1.29 is 23.1 Å². The fourth-order valence-corrected chi connectivity index (χ4v) is 1.84. The molecule has 1 atom stereocenters. The van der Waals surface area contributed by atoms with Crippen molar-refractivity contribution in [3.05, 3.63) is 0 Å². The first-order chi connectivity index (χ1) is 8.20. The standard InChI is InChI=1S/C9H20N2.C2HF3O2/c1-4-9-7-10-5-6-11(9)8(2)3;3-2(4,5)1(6)7/h8-10H,4-7H2,1-3H3;(H,6,7)/t9-;/m0./s1. The van der Waals surface area contributed by atoms with E-state index in [-0.39, 0.29) is 0 Å². The van der Waals surface area contributed by atoms with Gasteiger partial charge in [0.1, 0.15) is 0 Å². The van der Waals surface area contributed by atoms with Crippen LogP contribution in [0.4, 0.5) is 13.2 Å². The number of aliphatic carboxylic acids is 1. The van der Waals surface area contributed by atoms with Gasteiger partial charge in [0.05, 0.1) is 0 Å². The Kier molecular flexibility index (Phi) is 7.23. The molecule has 0 aromatic rings. The second-order valence-corrected chi connectivity index (χ2v) is 4.40. The fourth-order valence-electron chi connectivity index (χ4n) is 1.84. The molecule has 1 rings (SSSR count). The van der Waals surface area contributed by atoms with E-state index in [1.807, 2.05) is 0 Å². The molecule has 18 heavy (non-hydrogen) atoms. The third-order valence-corrected chi connectivity index (χ3v) is 2.77. The Hall–Kier alpha value is -0.820. The largest absolute Gasteiger partial charge is 0.490 e. The number of hydrogen-bond donors (Lipinski definition) is 2. The van der Waals surface area contributed by atoms with Gasteiger partial charge < -0.3 is 10.4 Å². The predicted molar refractivity (Wildman–Crippen MR) is 62.5 cm³/mol. The second kappa shape index (κ2) is 7.58. The number of carbonyl (C=O) groups is 1. The lowest BCUT2D eigenvalue weighted by Gasteiger charge is -2.38. The van der Waals surface area contributed by atoms with Crippen LogP contribution < -0.4 is 5.32 Å². The first kappa shape index (κ1) is 17.2. The average molecular weight is 270 g/mol. The number of alkyl halides is 3. The lowest BCUT2D eigenvalue weighted by Crippen LogP contribution is -2.53. The molecule has 1 saturated heterocycles. The third-order valence-electron chi connectivity index (χ3n) is 2.77. The van der Waals surface area contributed by atoms with E-state index in [2.05, 4.69) is 31.0 Å². The summed E-state index contributed by atoms with van der Waals surface area (Å²) >= 11 is 0. The zero-order valence-electron chi connectivity index (χ0n) is 10.9. The van der Waals surface area contributed by atoms with Crippen LogP contribution in [0.1, 0.15) is 27.2 Å². The molecule has 1 fully saturated rings. The van der Waals surface area contributed by atoms with Gasteiger partial charge in [0.15, 0.2) is 0 Å². The minimum atomic E-state index is -5.08. The number of piperazine rings is 1. The molecule has 0 aromatic heterocycles. The maximum Gasteiger partial charge on any atom is 0.490 e. The zero-order chi connectivity index (χ0) is 14.3. The van der Waals surface area contributed by atoms with Crippen LogP contribution in [0, 0.1) is 0 Å². The Labute approximate surface area is 105 Å². The van der Waals surface area contributed by atoms with Crippen molar-refractivity contribution in [2.24, 2.45) is 0 Å². The quantitative estimate of drug-likeness (QED) is 0.802. The van der Waals surface area contributed by atoms with Crippen molar-refractivity contribution in [2.45, 2.75) is 45.5 Å². The molecular weight excluding hydrogens is 249 g/mol. The summed E-state index contributed by atoms with van der Waals surface area (Å²) in [6.45, 7) is 10.4. The van der Waals surface area contributed by atoms with Crippen LogP contribution in [-0.4, -0.2) is 53.9 Å². The molecule has 0 unspecified atom stereocenters. The Bertz CT molecular complexity index is 257. The molecule has 0 radical (unpaired) electrons. The number of carboxylic acid groups (broad SMARTS) is 1. The summed E-state index contributed by atoms with van der Waals surface area (Å²) in [6, 6.07) is 1.48. The summed E-state index contributed by atoms with van der Waals surface area (Å²) in [5.74, 6) is -2.76. The van der Waals surface area contributed by atoms with Gasteiger partial charge in [-0.1, -0.05) is 6.92 Å². The molecule has 0 spiro atoms. The lowest BCUT2D eigenvalue weighted by atomic mass is 10.1. The van der Waals surface area contributed by atoms with Gasteiger partial charge in [0, 0.05) is 31.7 Å². The molecule has 7 heteroatoms. The Morgan fingerprint density at radius 3 is 2.28 bits per heavy atom. The highest BCUT2D eigenvalue weighted by atomic mass is 19.4. The SMILES string of the molecule is CC[C@H]1CNCCN1C(C)C.O=C(O)C(F)(F)F. The van der Waals surface area contributed by atoms with Gasteiger partial charge in [-0.05, 0) is 20.3 Å². The van der Waals surface area contributed by atoms with Crippen LogP contribution in [0.25, 0.3) is 0 Å². The van der Waals surface area contributed by atoms with Crippen molar-refractivity contribution in [2.75, 3.05) is 19.6 Å². The maximum absolute atomic E-state index is 10.6. The molecule has 4 nitrogen and oxygen atoms in total. The van der Waals surface area contributed by atoms with E-state index in [4.69, 9.17) is 9.90 Å². The molecular formula is C11H21F3N2O2. The number of carboxylic acids is 1. The summed E-state index contributed by atoms with van der Waals surface area (Å²) in [6.07, 6.45) is -3.81. The van der Waals surface area contributed by atoms with Gasteiger partial charge in [-0.25, -0.2) is 4.79 Å². The Balaban J connectivity index is 0.000000360. The van der Waals surface area contributed by atoms with E-state index in [0.29, 0.717) is 6.04 Å². The number of rotatable bonds is 2. The van der Waals surface area contributed by atoms with E-state index in [0.717, 1.165) is 12.6 Å². The minimum Gasteiger partial charge on any atom is -0.475 e. The second-order valence-electron chi connectivity index (χ2n) is 4.40. The molecule has 0 bridgehead atoms. The van der Waals surface area contributed by atoms with E-state index < -0.39 is 12.1 Å². The van der Waals surface area contributed by atoms with Crippen LogP contribution in [0.5, 0.6) is 0 Å². The maximum atomic E-state index is 10.6. The van der Waals surface area contributed by atoms with Gasteiger partial charge in [-0.2, -0.15) is 13.2 Å². The van der Waals surface area contributed by atoms with Gasteiger partial charge in [-0.15, -0.1) is 0 Å². The van der Waals surface area contributed by atoms with Crippen molar-refractivity contribution in [3.8, 4) is 0 Å². The molecule has 1 heterocycles. The minimum absolute atomic E-state index is 0.710. The van der Waals surface area contributed by atoms with Crippen LogP contribution >= 0.6 is 0 Å². The highest BCUT2D eigenvalue weighted by Crippen LogP contribution is 2.13. The van der Waals surface area contributed by atoms with Crippen LogP contribution in [0.3, 0.4) is 0 Å².